The second-order valence-corrected chi connectivity index (χ2v) is 10.0. The van der Waals surface area contributed by atoms with Crippen LogP contribution in [0.25, 0.3) is 0 Å². The number of β-amino-alcohol motifs (C(OH)–C–C–N with tert-alkyl or cyclic N) is 1. The van der Waals surface area contributed by atoms with Gasteiger partial charge in [-0.2, -0.15) is 0 Å². The monoisotopic (exact) mass is 519 g/mol. The molecule has 3 atom stereocenters. The number of ether oxygens (including phenoxy) is 2. The van der Waals surface area contributed by atoms with Crippen LogP contribution in [0.5, 0.6) is 0 Å². The highest BCUT2D eigenvalue weighted by Crippen LogP contribution is 2.29. The molecule has 0 amide bonds. The molecule has 1 heterocycles. The van der Waals surface area contributed by atoms with Gasteiger partial charge in [-0.25, -0.2) is 4.39 Å². The molecule has 1 saturated heterocycles. The van der Waals surface area contributed by atoms with Crippen LogP contribution in [0, 0.1) is 12.7 Å². The highest BCUT2D eigenvalue weighted by Gasteiger charge is 2.27. The Labute approximate surface area is 219 Å². The summed E-state index contributed by atoms with van der Waals surface area (Å²) < 4.78 is 25.2. The van der Waals surface area contributed by atoms with E-state index in [9.17, 15) is 14.3 Å². The average molecular weight is 520 g/mol. The smallest absolute Gasteiger partial charge is 0.306 e. The predicted molar refractivity (Wildman–Crippen MR) is 141 cm³/mol. The van der Waals surface area contributed by atoms with Gasteiger partial charge in [0.1, 0.15) is 5.82 Å². The zero-order chi connectivity index (χ0) is 26.1. The number of hydrogen-bond donors (Lipinski definition) is 1. The Balaban J connectivity index is 1.56. The predicted octanol–water partition coefficient (Wildman–Crippen LogP) is 5.82. The van der Waals surface area contributed by atoms with Gasteiger partial charge in [0.15, 0.2) is 0 Å². The first kappa shape index (κ1) is 28.6. The lowest BCUT2D eigenvalue weighted by Gasteiger charge is -2.28. The Hall–Kier alpha value is -1.99. The second kappa shape index (κ2) is 14.1. The maximum atomic E-state index is 14.0. The summed E-state index contributed by atoms with van der Waals surface area (Å²) in [6, 6.07) is 11.4. The fourth-order valence-corrected chi connectivity index (χ4v) is 5.15. The van der Waals surface area contributed by atoms with Crippen LogP contribution in [0.2, 0.25) is 5.02 Å². The molecule has 7 heteroatoms. The van der Waals surface area contributed by atoms with E-state index in [0.29, 0.717) is 30.2 Å². The standard InChI is InChI=1S/C29H39ClFNO4/c1-4-28(26-12-11-23(30)17-22(26)10-13-29(34)35-5-2)36-19-25(33)18-32-14-6-7-24(32)15-21-9-8-20(3)27(31)16-21/h8-9,11-12,16-17,24-25,28,33H,4-7,10,13-15,18-19H2,1-3H3/t24-,25+,28+/m0/s1. The number of carbonyl (C=O) groups is 1. The van der Waals surface area contributed by atoms with Gasteiger partial charge in [0.25, 0.3) is 0 Å². The number of benzene rings is 2. The molecule has 0 bridgehead atoms. The number of rotatable bonds is 13. The van der Waals surface area contributed by atoms with Gasteiger partial charge in [0.2, 0.25) is 0 Å². The number of carbonyl (C=O) groups excluding carboxylic acids is 1. The quantitative estimate of drug-likeness (QED) is 0.338. The molecule has 2 aromatic rings. The molecule has 2 aromatic carbocycles. The SMILES string of the molecule is CCOC(=O)CCc1cc(Cl)ccc1[C@@H](CC)OC[C@H](O)CN1CCC[C@H]1Cc1ccc(C)c(F)c1. The summed E-state index contributed by atoms with van der Waals surface area (Å²) in [5.41, 5.74) is 3.59. The molecule has 36 heavy (non-hydrogen) atoms. The van der Waals surface area contributed by atoms with Crippen LogP contribution < -0.4 is 0 Å². The number of halogens is 2. The molecular formula is C29H39ClFNO4. The molecule has 5 nitrogen and oxygen atoms in total. The Bertz CT molecular complexity index is 1000. The summed E-state index contributed by atoms with van der Waals surface area (Å²) >= 11 is 6.23. The number of likely N-dealkylation sites (tertiary alicyclic amines) is 1. The minimum Gasteiger partial charge on any atom is -0.466 e. The van der Waals surface area contributed by atoms with Gasteiger partial charge in [-0.05, 0) is 92.9 Å². The number of nitrogens with zero attached hydrogens (tertiary/aromatic N) is 1. The highest BCUT2D eigenvalue weighted by molar-refractivity contribution is 6.30. The van der Waals surface area contributed by atoms with E-state index in [-0.39, 0.29) is 37.0 Å². The first-order chi connectivity index (χ1) is 17.3. The van der Waals surface area contributed by atoms with Gasteiger partial charge in [-0.3, -0.25) is 9.69 Å². The molecule has 1 aliphatic rings. The third kappa shape index (κ3) is 8.27. The zero-order valence-corrected chi connectivity index (χ0v) is 22.4. The maximum absolute atomic E-state index is 14.0. The molecule has 0 radical (unpaired) electrons. The van der Waals surface area contributed by atoms with Gasteiger partial charge >= 0.3 is 5.97 Å². The van der Waals surface area contributed by atoms with Crippen LogP contribution in [0.15, 0.2) is 36.4 Å². The van der Waals surface area contributed by atoms with E-state index < -0.39 is 6.10 Å². The van der Waals surface area contributed by atoms with E-state index in [1.54, 1.807) is 19.9 Å². The van der Waals surface area contributed by atoms with E-state index in [2.05, 4.69) is 4.90 Å². The topological polar surface area (TPSA) is 59.0 Å². The summed E-state index contributed by atoms with van der Waals surface area (Å²) in [5, 5.41) is 11.4. The van der Waals surface area contributed by atoms with E-state index in [1.165, 1.54) is 0 Å². The van der Waals surface area contributed by atoms with E-state index in [0.717, 1.165) is 48.9 Å². The van der Waals surface area contributed by atoms with E-state index in [1.807, 2.05) is 37.3 Å². The molecule has 1 fully saturated rings. The van der Waals surface area contributed by atoms with Crippen molar-refractivity contribution in [2.75, 3.05) is 26.3 Å². The minimum atomic E-state index is -0.635. The van der Waals surface area contributed by atoms with E-state index in [4.69, 9.17) is 21.1 Å². The minimum absolute atomic E-state index is 0.167. The fourth-order valence-electron chi connectivity index (χ4n) is 4.96. The molecule has 0 aliphatic carbocycles. The molecule has 0 unspecified atom stereocenters. The second-order valence-electron chi connectivity index (χ2n) is 9.61. The first-order valence-electron chi connectivity index (χ1n) is 13.0. The van der Waals surface area contributed by atoms with Crippen molar-refractivity contribution < 1.29 is 23.8 Å². The summed E-state index contributed by atoms with van der Waals surface area (Å²) in [4.78, 5) is 14.2. The number of esters is 1. The van der Waals surface area contributed by atoms with Gasteiger partial charge in [-0.1, -0.05) is 36.7 Å². The van der Waals surface area contributed by atoms with Crippen molar-refractivity contribution in [1.82, 2.24) is 4.90 Å². The van der Waals surface area contributed by atoms with Crippen molar-refractivity contribution >= 4 is 17.6 Å². The highest BCUT2D eigenvalue weighted by atomic mass is 35.5. The van der Waals surface area contributed by atoms with Crippen molar-refractivity contribution in [3.63, 3.8) is 0 Å². The lowest BCUT2D eigenvalue weighted by molar-refractivity contribution is -0.143. The molecule has 3 rings (SSSR count). The summed E-state index contributed by atoms with van der Waals surface area (Å²) in [5.74, 6) is -0.402. The third-order valence-electron chi connectivity index (χ3n) is 6.87. The van der Waals surface area contributed by atoms with Crippen molar-refractivity contribution in [2.24, 2.45) is 0 Å². The Morgan fingerprint density at radius 1 is 1.25 bits per heavy atom. The van der Waals surface area contributed by atoms with Crippen LogP contribution in [-0.2, 0) is 27.1 Å². The van der Waals surface area contributed by atoms with Gasteiger partial charge < -0.3 is 14.6 Å². The number of aliphatic hydroxyl groups is 1. The lowest BCUT2D eigenvalue weighted by Crippen LogP contribution is -2.39. The molecular weight excluding hydrogens is 481 g/mol. The third-order valence-corrected chi connectivity index (χ3v) is 7.10. The average Bonchev–Trinajstić information content (AvgIpc) is 3.27. The van der Waals surface area contributed by atoms with Gasteiger partial charge in [-0.15, -0.1) is 0 Å². The van der Waals surface area contributed by atoms with Crippen LogP contribution in [0.1, 0.15) is 67.9 Å². The fraction of sp³-hybridized carbons (Fsp3) is 0.552. The Kier molecular flexibility index (Phi) is 11.2. The van der Waals surface area contributed by atoms with Crippen molar-refractivity contribution in [3.8, 4) is 0 Å². The van der Waals surface area contributed by atoms with Crippen LogP contribution in [0.4, 0.5) is 4.39 Å². The Morgan fingerprint density at radius 3 is 2.78 bits per heavy atom. The molecule has 0 spiro atoms. The molecule has 198 valence electrons. The normalized spacial score (nSPS) is 17.8. The molecule has 0 aromatic heterocycles. The number of aliphatic hydroxyl groups excluding tert-OH is 1. The van der Waals surface area contributed by atoms with Crippen molar-refractivity contribution in [1.29, 1.82) is 0 Å². The lowest BCUT2D eigenvalue weighted by atomic mass is 9.97. The van der Waals surface area contributed by atoms with Crippen LogP contribution >= 0.6 is 11.6 Å². The van der Waals surface area contributed by atoms with Crippen molar-refractivity contribution in [3.05, 3.63) is 69.5 Å². The molecule has 0 saturated carbocycles. The summed E-state index contributed by atoms with van der Waals surface area (Å²) in [6.07, 6.45) is 3.56. The largest absolute Gasteiger partial charge is 0.466 e. The van der Waals surface area contributed by atoms with Crippen molar-refractivity contribution in [2.45, 2.75) is 77.5 Å². The van der Waals surface area contributed by atoms with Crippen LogP contribution in [-0.4, -0.2) is 54.4 Å². The van der Waals surface area contributed by atoms with E-state index >= 15 is 0 Å². The Morgan fingerprint density at radius 2 is 2.06 bits per heavy atom. The van der Waals surface area contributed by atoms with Gasteiger partial charge in [0, 0.05) is 24.0 Å². The maximum Gasteiger partial charge on any atom is 0.306 e. The number of hydrogen-bond acceptors (Lipinski definition) is 5. The first-order valence-corrected chi connectivity index (χ1v) is 13.4. The summed E-state index contributed by atoms with van der Waals surface area (Å²) in [7, 11) is 0. The zero-order valence-electron chi connectivity index (χ0n) is 21.6. The van der Waals surface area contributed by atoms with Crippen LogP contribution in [0.3, 0.4) is 0 Å². The number of aryl methyl sites for hydroxylation is 2. The van der Waals surface area contributed by atoms with Gasteiger partial charge in [0.05, 0.1) is 25.4 Å². The molecule has 1 aliphatic heterocycles. The summed E-state index contributed by atoms with van der Waals surface area (Å²) in [6.45, 7) is 7.61. The molecule has 1 N–H and O–H groups in total.